The van der Waals surface area contributed by atoms with Crippen molar-refractivity contribution in [2.24, 2.45) is 0 Å². The minimum absolute atomic E-state index is 0.00859. The third-order valence-corrected chi connectivity index (χ3v) is 7.72. The molecule has 0 saturated heterocycles. The highest BCUT2D eigenvalue weighted by Gasteiger charge is 2.24. The molecule has 0 unspecified atom stereocenters. The number of thiophene rings is 1. The number of halogens is 1. The Morgan fingerprint density at radius 2 is 1.80 bits per heavy atom. The average molecular weight is 510 g/mol. The van der Waals surface area contributed by atoms with Gasteiger partial charge in [-0.2, -0.15) is 0 Å². The summed E-state index contributed by atoms with van der Waals surface area (Å²) in [6, 6.07) is 18.0. The Morgan fingerprint density at radius 3 is 2.51 bits per heavy atom. The fourth-order valence-corrected chi connectivity index (χ4v) is 5.54. The number of amides is 2. The first kappa shape index (κ1) is 25.4. The second-order valence-electron chi connectivity index (χ2n) is 8.94. The topological polar surface area (TPSA) is 43.9 Å². The molecule has 0 bridgehead atoms. The van der Waals surface area contributed by atoms with Crippen LogP contribution in [0.25, 0.3) is 0 Å². The Morgan fingerprint density at radius 1 is 1.00 bits per heavy atom. The van der Waals surface area contributed by atoms with Crippen molar-refractivity contribution >= 4 is 40.4 Å². The van der Waals surface area contributed by atoms with E-state index in [1.165, 1.54) is 10.4 Å². The van der Waals surface area contributed by atoms with Gasteiger partial charge in [-0.15, -0.1) is 11.3 Å². The quantitative estimate of drug-likeness (QED) is 0.442. The number of hydrogen-bond acceptors (Lipinski definition) is 4. The summed E-state index contributed by atoms with van der Waals surface area (Å²) in [4.78, 5) is 33.6. The Bertz CT molecular complexity index is 1160. The van der Waals surface area contributed by atoms with Crippen molar-refractivity contribution in [1.29, 1.82) is 0 Å². The maximum atomic E-state index is 13.7. The van der Waals surface area contributed by atoms with Gasteiger partial charge in [0.2, 0.25) is 5.91 Å². The molecule has 0 saturated carbocycles. The minimum atomic E-state index is -0.00859. The first-order valence-corrected chi connectivity index (χ1v) is 13.4. The van der Waals surface area contributed by atoms with Gasteiger partial charge in [-0.05, 0) is 48.2 Å². The summed E-state index contributed by atoms with van der Waals surface area (Å²) in [6.07, 6.45) is 1.75. The SMILES string of the molecule is CCc1cc(C(=O)N2CCN(Cc3ccccc3)CCCN(C(C)=O)c3ccc(Cl)cc3C2)cs1. The number of carbonyl (C=O) groups is 2. The molecule has 1 aliphatic heterocycles. The zero-order valence-corrected chi connectivity index (χ0v) is 21.9. The van der Waals surface area contributed by atoms with Crippen molar-refractivity contribution in [2.45, 2.75) is 39.8 Å². The Balaban J connectivity index is 1.67. The number of nitrogens with zero attached hydrogens (tertiary/aromatic N) is 3. The van der Waals surface area contributed by atoms with Crippen LogP contribution in [0.15, 0.2) is 60.0 Å². The smallest absolute Gasteiger partial charge is 0.255 e. The second kappa shape index (κ2) is 11.8. The molecule has 0 atom stereocenters. The van der Waals surface area contributed by atoms with E-state index in [1.54, 1.807) is 18.3 Å². The number of carbonyl (C=O) groups excluding carboxylic acids is 2. The van der Waals surface area contributed by atoms with Crippen molar-refractivity contribution in [3.05, 3.63) is 86.6 Å². The largest absolute Gasteiger partial charge is 0.333 e. The molecule has 0 spiro atoms. The van der Waals surface area contributed by atoms with Gasteiger partial charge in [0.05, 0.1) is 5.56 Å². The monoisotopic (exact) mass is 509 g/mol. The van der Waals surface area contributed by atoms with Crippen LogP contribution < -0.4 is 4.90 Å². The van der Waals surface area contributed by atoms with Gasteiger partial charge in [-0.3, -0.25) is 14.5 Å². The fourth-order valence-electron chi connectivity index (χ4n) is 4.54. The number of benzene rings is 2. The van der Waals surface area contributed by atoms with Crippen LogP contribution in [0.2, 0.25) is 5.02 Å². The molecule has 3 aromatic rings. The lowest BCUT2D eigenvalue weighted by atomic mass is 10.1. The summed E-state index contributed by atoms with van der Waals surface area (Å²) in [6.45, 7) is 7.70. The third-order valence-electron chi connectivity index (χ3n) is 6.40. The van der Waals surface area contributed by atoms with E-state index in [4.69, 9.17) is 11.6 Å². The standard InChI is InChI=1S/C28H32ClN3O2S/c1-3-26-17-24(20-35-26)28(34)31-15-14-30(18-22-8-5-4-6-9-22)12-7-13-32(21(2)33)27-11-10-25(29)16-23(27)19-31/h4-6,8-11,16-17,20H,3,7,12-15,18-19H2,1-2H3. The van der Waals surface area contributed by atoms with Crippen LogP contribution in [0.1, 0.15) is 46.6 Å². The van der Waals surface area contributed by atoms with Crippen molar-refractivity contribution in [3.8, 4) is 0 Å². The zero-order chi connectivity index (χ0) is 24.8. The summed E-state index contributed by atoms with van der Waals surface area (Å²) in [5.41, 5.74) is 3.69. The van der Waals surface area contributed by atoms with Crippen LogP contribution in [-0.4, -0.2) is 47.8 Å². The van der Waals surface area contributed by atoms with Crippen molar-refractivity contribution in [3.63, 3.8) is 0 Å². The van der Waals surface area contributed by atoms with Crippen molar-refractivity contribution in [1.82, 2.24) is 9.80 Å². The van der Waals surface area contributed by atoms with Gasteiger partial charge in [-0.25, -0.2) is 0 Å². The van der Waals surface area contributed by atoms with Gasteiger partial charge in [0.15, 0.2) is 0 Å². The molecule has 35 heavy (non-hydrogen) atoms. The highest BCUT2D eigenvalue weighted by Crippen LogP contribution is 2.28. The maximum Gasteiger partial charge on any atom is 0.255 e. The van der Waals surface area contributed by atoms with E-state index in [2.05, 4.69) is 36.1 Å². The lowest BCUT2D eigenvalue weighted by molar-refractivity contribution is -0.116. The second-order valence-corrected chi connectivity index (χ2v) is 10.4. The lowest BCUT2D eigenvalue weighted by Crippen LogP contribution is -2.38. The first-order valence-electron chi connectivity index (χ1n) is 12.1. The highest BCUT2D eigenvalue weighted by atomic mass is 35.5. The normalized spacial score (nSPS) is 15.4. The molecule has 2 aromatic carbocycles. The number of hydrogen-bond donors (Lipinski definition) is 0. The molecular formula is C28H32ClN3O2S. The molecule has 184 valence electrons. The predicted molar refractivity (Wildman–Crippen MR) is 144 cm³/mol. The number of aryl methyl sites for hydroxylation is 1. The maximum absolute atomic E-state index is 13.7. The average Bonchev–Trinajstić information content (AvgIpc) is 3.33. The molecule has 0 fully saturated rings. The summed E-state index contributed by atoms with van der Waals surface area (Å²) in [5, 5.41) is 2.55. The van der Waals surface area contributed by atoms with Gasteiger partial charge >= 0.3 is 0 Å². The molecule has 2 amide bonds. The molecule has 1 aliphatic rings. The van der Waals surface area contributed by atoms with Crippen LogP contribution in [0, 0.1) is 0 Å². The molecule has 0 radical (unpaired) electrons. The van der Waals surface area contributed by atoms with Crippen LogP contribution in [0.5, 0.6) is 0 Å². The lowest BCUT2D eigenvalue weighted by Gasteiger charge is -2.28. The number of fused-ring (bicyclic) bond motifs is 1. The van der Waals surface area contributed by atoms with Crippen LogP contribution in [-0.2, 0) is 24.3 Å². The van der Waals surface area contributed by atoms with Crippen LogP contribution in [0.4, 0.5) is 5.69 Å². The molecular weight excluding hydrogens is 478 g/mol. The molecule has 7 heteroatoms. The van der Waals surface area contributed by atoms with Gasteiger partial charge in [0, 0.05) is 67.2 Å². The Hall–Kier alpha value is -2.67. The third kappa shape index (κ3) is 6.51. The Kier molecular flexibility index (Phi) is 8.60. The minimum Gasteiger partial charge on any atom is -0.333 e. The molecule has 2 heterocycles. The number of anilines is 1. The van der Waals surface area contributed by atoms with E-state index in [1.807, 2.05) is 45.5 Å². The van der Waals surface area contributed by atoms with Crippen molar-refractivity contribution < 1.29 is 9.59 Å². The summed E-state index contributed by atoms with van der Waals surface area (Å²) in [7, 11) is 0. The zero-order valence-electron chi connectivity index (χ0n) is 20.4. The fraction of sp³-hybridized carbons (Fsp3) is 0.357. The predicted octanol–water partition coefficient (Wildman–Crippen LogP) is 5.87. The van der Waals surface area contributed by atoms with E-state index in [-0.39, 0.29) is 11.8 Å². The molecule has 0 aliphatic carbocycles. The summed E-state index contributed by atoms with van der Waals surface area (Å²) >= 11 is 7.99. The molecule has 5 nitrogen and oxygen atoms in total. The summed E-state index contributed by atoms with van der Waals surface area (Å²) in [5.74, 6) is 0.00545. The van der Waals surface area contributed by atoms with E-state index in [0.29, 0.717) is 24.7 Å². The van der Waals surface area contributed by atoms with Crippen LogP contribution >= 0.6 is 22.9 Å². The van der Waals surface area contributed by atoms with Crippen LogP contribution in [0.3, 0.4) is 0 Å². The van der Waals surface area contributed by atoms with Gasteiger partial charge in [0.1, 0.15) is 0 Å². The first-order chi connectivity index (χ1) is 16.9. The number of rotatable bonds is 4. The van der Waals surface area contributed by atoms with Gasteiger partial charge in [-0.1, -0.05) is 48.9 Å². The van der Waals surface area contributed by atoms with E-state index >= 15 is 0 Å². The van der Waals surface area contributed by atoms with E-state index in [9.17, 15) is 9.59 Å². The molecule has 1 aromatic heterocycles. The van der Waals surface area contributed by atoms with Crippen molar-refractivity contribution in [2.75, 3.05) is 31.1 Å². The molecule has 4 rings (SSSR count). The highest BCUT2D eigenvalue weighted by molar-refractivity contribution is 7.10. The summed E-state index contributed by atoms with van der Waals surface area (Å²) < 4.78 is 0. The van der Waals surface area contributed by atoms with E-state index in [0.717, 1.165) is 49.3 Å². The molecule has 0 N–H and O–H groups in total. The Labute approximate surface area is 216 Å². The van der Waals surface area contributed by atoms with Gasteiger partial charge < -0.3 is 9.80 Å². The van der Waals surface area contributed by atoms with Gasteiger partial charge in [0.25, 0.3) is 5.91 Å². The van der Waals surface area contributed by atoms with E-state index < -0.39 is 0 Å².